The maximum atomic E-state index is 12.6. The van der Waals surface area contributed by atoms with Crippen molar-refractivity contribution in [3.8, 4) is 0 Å². The number of carbonyl (C=O) groups is 1. The number of amides is 1. The van der Waals surface area contributed by atoms with E-state index in [0.29, 0.717) is 32.5 Å². The molecule has 140 valence electrons. The van der Waals surface area contributed by atoms with Crippen molar-refractivity contribution in [2.24, 2.45) is 0 Å². The first-order chi connectivity index (χ1) is 12.3. The number of benzene rings is 1. The third-order valence-electron chi connectivity index (χ3n) is 4.71. The van der Waals surface area contributed by atoms with Gasteiger partial charge < -0.3 is 10.0 Å². The molecule has 8 nitrogen and oxygen atoms in total. The maximum Gasteiger partial charge on any atom is 0.407 e. The van der Waals surface area contributed by atoms with Gasteiger partial charge in [0.05, 0.1) is 11.4 Å². The van der Waals surface area contributed by atoms with Crippen LogP contribution in [0.1, 0.15) is 24.4 Å². The van der Waals surface area contributed by atoms with Gasteiger partial charge in [-0.15, -0.1) is 0 Å². The van der Waals surface area contributed by atoms with Gasteiger partial charge in [0.2, 0.25) is 0 Å². The summed E-state index contributed by atoms with van der Waals surface area (Å²) in [4.78, 5) is 25.2. The summed E-state index contributed by atoms with van der Waals surface area (Å²) >= 11 is 0. The van der Waals surface area contributed by atoms with Gasteiger partial charge in [-0.25, -0.2) is 18.0 Å². The Bertz CT molecular complexity index is 951. The van der Waals surface area contributed by atoms with Crippen LogP contribution in [0, 0.1) is 0 Å². The van der Waals surface area contributed by atoms with Crippen molar-refractivity contribution in [2.45, 2.75) is 30.3 Å². The minimum atomic E-state index is -3.24. The molecule has 2 aromatic rings. The lowest BCUT2D eigenvalue weighted by molar-refractivity contribution is 0.125. The Kier molecular flexibility index (Phi) is 4.90. The highest BCUT2D eigenvalue weighted by atomic mass is 32.2. The van der Waals surface area contributed by atoms with E-state index in [1.54, 1.807) is 33.7 Å². The third kappa shape index (κ3) is 3.82. The summed E-state index contributed by atoms with van der Waals surface area (Å²) in [5.41, 5.74) is 0.684. The molecular weight excluding hydrogens is 358 g/mol. The largest absolute Gasteiger partial charge is 0.465 e. The molecule has 1 N–H and O–H groups in total. The van der Waals surface area contributed by atoms with Crippen molar-refractivity contribution in [3.63, 3.8) is 0 Å². The van der Waals surface area contributed by atoms with Crippen LogP contribution in [0.15, 0.2) is 46.3 Å². The van der Waals surface area contributed by atoms with Crippen molar-refractivity contribution in [3.05, 3.63) is 52.7 Å². The van der Waals surface area contributed by atoms with Crippen molar-refractivity contribution in [1.29, 1.82) is 0 Å². The first-order valence-corrected chi connectivity index (χ1v) is 10.2. The van der Waals surface area contributed by atoms with Crippen molar-refractivity contribution in [1.82, 2.24) is 14.0 Å². The Morgan fingerprint density at radius 3 is 2.31 bits per heavy atom. The van der Waals surface area contributed by atoms with Crippen LogP contribution in [0.4, 0.5) is 4.79 Å². The highest BCUT2D eigenvalue weighted by molar-refractivity contribution is 7.90. The Morgan fingerprint density at radius 2 is 1.77 bits per heavy atom. The van der Waals surface area contributed by atoms with E-state index in [4.69, 9.17) is 5.11 Å². The number of likely N-dealkylation sites (tertiary alicyclic amines) is 1. The SMILES string of the molecule is CS(=O)(=O)c1ccc(Cn2ccn(C3CCN(C(=O)O)CC3)c2=O)cc1. The molecule has 0 saturated carbocycles. The van der Waals surface area contributed by atoms with E-state index in [1.165, 1.54) is 17.0 Å². The lowest BCUT2D eigenvalue weighted by Crippen LogP contribution is -2.40. The zero-order chi connectivity index (χ0) is 18.9. The summed E-state index contributed by atoms with van der Waals surface area (Å²) in [6, 6.07) is 6.46. The van der Waals surface area contributed by atoms with Crippen LogP contribution in [0.5, 0.6) is 0 Å². The number of piperidine rings is 1. The highest BCUT2D eigenvalue weighted by Crippen LogP contribution is 2.21. The van der Waals surface area contributed by atoms with E-state index in [-0.39, 0.29) is 16.6 Å². The second kappa shape index (κ2) is 6.99. The molecule has 3 rings (SSSR count). The predicted molar refractivity (Wildman–Crippen MR) is 95.2 cm³/mol. The van der Waals surface area contributed by atoms with Crippen LogP contribution >= 0.6 is 0 Å². The van der Waals surface area contributed by atoms with Gasteiger partial charge in [0.15, 0.2) is 9.84 Å². The summed E-state index contributed by atoms with van der Waals surface area (Å²) in [6.07, 6.45) is 4.89. The number of hydrogen-bond donors (Lipinski definition) is 1. The summed E-state index contributed by atoms with van der Waals surface area (Å²) in [6.45, 7) is 1.19. The van der Waals surface area contributed by atoms with Gasteiger partial charge in [-0.3, -0.25) is 9.13 Å². The van der Waals surface area contributed by atoms with Crippen LogP contribution in [0.2, 0.25) is 0 Å². The fraction of sp³-hybridized carbons (Fsp3) is 0.412. The van der Waals surface area contributed by atoms with E-state index < -0.39 is 15.9 Å². The predicted octanol–water partition coefficient (Wildman–Crippen LogP) is 1.42. The molecule has 1 aliphatic heterocycles. The summed E-state index contributed by atoms with van der Waals surface area (Å²) in [5.74, 6) is 0. The summed E-state index contributed by atoms with van der Waals surface area (Å²) in [7, 11) is -3.24. The van der Waals surface area contributed by atoms with Crippen LogP contribution in [0.3, 0.4) is 0 Å². The molecule has 2 heterocycles. The second-order valence-electron chi connectivity index (χ2n) is 6.53. The number of nitrogens with zero attached hydrogens (tertiary/aromatic N) is 3. The molecule has 0 atom stereocenters. The van der Waals surface area contributed by atoms with E-state index in [9.17, 15) is 18.0 Å². The number of rotatable bonds is 4. The molecule has 1 aromatic carbocycles. The fourth-order valence-corrected chi connectivity index (χ4v) is 3.83. The Balaban J connectivity index is 1.72. The molecule has 0 unspecified atom stereocenters. The third-order valence-corrected chi connectivity index (χ3v) is 5.84. The Morgan fingerprint density at radius 1 is 1.15 bits per heavy atom. The highest BCUT2D eigenvalue weighted by Gasteiger charge is 2.24. The van der Waals surface area contributed by atoms with Gasteiger partial charge in [0.25, 0.3) is 0 Å². The molecule has 1 aliphatic rings. The normalized spacial score (nSPS) is 16.0. The number of carboxylic acid groups (broad SMARTS) is 1. The van der Waals surface area contributed by atoms with Crippen LogP contribution in [-0.2, 0) is 16.4 Å². The zero-order valence-electron chi connectivity index (χ0n) is 14.4. The van der Waals surface area contributed by atoms with E-state index in [2.05, 4.69) is 0 Å². The smallest absolute Gasteiger partial charge is 0.407 e. The number of sulfone groups is 1. The van der Waals surface area contributed by atoms with Gasteiger partial charge in [-0.2, -0.15) is 0 Å². The number of imidazole rings is 1. The number of hydrogen-bond acceptors (Lipinski definition) is 4. The minimum absolute atomic E-state index is 0.00744. The van der Waals surface area contributed by atoms with Crippen LogP contribution in [-0.4, -0.2) is 53.0 Å². The van der Waals surface area contributed by atoms with E-state index in [1.807, 2.05) is 0 Å². The molecule has 9 heteroatoms. The summed E-state index contributed by atoms with van der Waals surface area (Å²) in [5, 5.41) is 9.00. The van der Waals surface area contributed by atoms with Gasteiger partial charge in [0.1, 0.15) is 0 Å². The molecule has 1 fully saturated rings. The molecule has 0 bridgehead atoms. The van der Waals surface area contributed by atoms with Gasteiger partial charge >= 0.3 is 11.8 Å². The molecule has 1 aromatic heterocycles. The Hall–Kier alpha value is -2.55. The average molecular weight is 379 g/mol. The first-order valence-electron chi connectivity index (χ1n) is 8.30. The topological polar surface area (TPSA) is 102 Å². The molecule has 0 spiro atoms. The van der Waals surface area contributed by atoms with Gasteiger partial charge in [-0.05, 0) is 30.5 Å². The van der Waals surface area contributed by atoms with Gasteiger partial charge in [0, 0.05) is 37.8 Å². The van der Waals surface area contributed by atoms with E-state index >= 15 is 0 Å². The molecule has 1 saturated heterocycles. The zero-order valence-corrected chi connectivity index (χ0v) is 15.2. The molecule has 0 aliphatic carbocycles. The first kappa shape index (κ1) is 18.2. The van der Waals surface area contributed by atoms with Gasteiger partial charge in [-0.1, -0.05) is 12.1 Å². The summed E-state index contributed by atoms with van der Waals surface area (Å²) < 4.78 is 26.2. The molecular formula is C17H21N3O5S. The van der Waals surface area contributed by atoms with Crippen LogP contribution in [0.25, 0.3) is 0 Å². The molecule has 1 amide bonds. The fourth-order valence-electron chi connectivity index (χ4n) is 3.20. The van der Waals surface area contributed by atoms with Crippen molar-refractivity contribution < 1.29 is 18.3 Å². The quantitative estimate of drug-likeness (QED) is 0.866. The van der Waals surface area contributed by atoms with E-state index in [0.717, 1.165) is 11.8 Å². The number of aromatic nitrogens is 2. The minimum Gasteiger partial charge on any atom is -0.465 e. The Labute approximate surface area is 151 Å². The average Bonchev–Trinajstić information content (AvgIpc) is 2.95. The lowest BCUT2D eigenvalue weighted by Gasteiger charge is -2.30. The monoisotopic (exact) mass is 379 g/mol. The standard InChI is InChI=1S/C17H21N3O5S/c1-26(24,25)15-4-2-13(3-5-15)12-19-10-11-20(16(19)21)14-6-8-18(9-7-14)17(22)23/h2-5,10-11,14H,6-9,12H2,1H3,(H,22,23). The lowest BCUT2D eigenvalue weighted by atomic mass is 10.1. The van der Waals surface area contributed by atoms with Crippen molar-refractivity contribution >= 4 is 15.9 Å². The molecule has 0 radical (unpaired) electrons. The molecule has 26 heavy (non-hydrogen) atoms. The maximum absolute atomic E-state index is 12.6. The van der Waals surface area contributed by atoms with Crippen molar-refractivity contribution in [2.75, 3.05) is 19.3 Å². The van der Waals surface area contributed by atoms with Crippen LogP contribution < -0.4 is 5.69 Å². The second-order valence-corrected chi connectivity index (χ2v) is 8.55.